The van der Waals surface area contributed by atoms with Crippen LogP contribution >= 0.6 is 0 Å². The Hall–Kier alpha value is -5.39. The molecule has 3 rings (SSSR count). The predicted molar refractivity (Wildman–Crippen MR) is 298 cm³/mol. The van der Waals surface area contributed by atoms with Crippen molar-refractivity contribution in [1.82, 2.24) is 25.3 Å². The number of hydrogen-bond donors (Lipinski definition) is 3. The quantitative estimate of drug-likeness (QED) is 0.0272. The molecule has 1 aliphatic heterocycles. The van der Waals surface area contributed by atoms with Crippen LogP contribution < -0.4 is 16.0 Å². The van der Waals surface area contributed by atoms with Gasteiger partial charge in [0.2, 0.25) is 29.5 Å². The molecule has 75 heavy (non-hydrogen) atoms. The Morgan fingerprint density at radius 1 is 0.840 bits per heavy atom. The number of likely N-dealkylation sites (tertiary alicyclic amines) is 1. The summed E-state index contributed by atoms with van der Waals surface area (Å²) in [7, 11) is 8.83. The lowest BCUT2D eigenvalue weighted by Gasteiger charge is -2.40. The number of carbonyl (C=O) groups is 5. The highest BCUT2D eigenvalue weighted by Crippen LogP contribution is 2.30. The van der Waals surface area contributed by atoms with Gasteiger partial charge < -0.3 is 49.7 Å². The zero-order valence-electron chi connectivity index (χ0n) is 48.0. The lowest BCUT2D eigenvalue weighted by Crippen LogP contribution is -2.55. The minimum Gasteiger partial charge on any atom is -0.479 e. The average Bonchev–Trinajstić information content (AvgIpc) is 3.87. The summed E-state index contributed by atoms with van der Waals surface area (Å²) in [6, 6.07) is 14.7. The molecule has 0 spiro atoms. The van der Waals surface area contributed by atoms with Crippen molar-refractivity contribution in [1.29, 1.82) is 0 Å². The first-order valence-corrected chi connectivity index (χ1v) is 27.4. The van der Waals surface area contributed by atoms with E-state index in [1.165, 1.54) is 0 Å². The third-order valence-electron chi connectivity index (χ3n) is 14.2. The van der Waals surface area contributed by atoms with Crippen LogP contribution in [-0.2, 0) is 56.0 Å². The van der Waals surface area contributed by atoms with E-state index in [0.717, 1.165) is 49.1 Å². The molecule has 3 N–H and O–H groups in total. The number of nitrogens with zero attached hydrogens (tertiary/aromatic N) is 5. The van der Waals surface area contributed by atoms with Gasteiger partial charge in [-0.15, -0.1) is 0 Å². The van der Waals surface area contributed by atoms with Crippen LogP contribution in [0.3, 0.4) is 0 Å². The van der Waals surface area contributed by atoms with E-state index < -0.39 is 42.3 Å². The summed E-state index contributed by atoms with van der Waals surface area (Å²) in [5.74, 6) is -0.105. The molecule has 1 fully saturated rings. The third kappa shape index (κ3) is 20.9. The highest BCUT2D eigenvalue weighted by Gasteiger charge is 2.43. The maximum atomic E-state index is 14.5. The summed E-state index contributed by atoms with van der Waals surface area (Å²) in [4.78, 5) is 85.5. The number of carbonyl (C=O) groups excluding carboxylic acids is 5. The van der Waals surface area contributed by atoms with Crippen LogP contribution in [0.5, 0.6) is 0 Å². The van der Waals surface area contributed by atoms with Crippen molar-refractivity contribution in [2.75, 3.05) is 67.0 Å². The van der Waals surface area contributed by atoms with Gasteiger partial charge in [-0.1, -0.05) is 103 Å². The number of ketones is 1. The van der Waals surface area contributed by atoms with Gasteiger partial charge in [0.25, 0.3) is 0 Å². The molecular formula is C58H94N8O9. The first kappa shape index (κ1) is 63.9. The molecule has 2 aromatic rings. The number of aliphatic imine (C=N–C) groups is 1. The summed E-state index contributed by atoms with van der Waals surface area (Å²) in [6.07, 6.45) is 4.61. The molecule has 17 nitrogen and oxygen atoms in total. The number of benzene rings is 2. The minimum atomic E-state index is -0.919. The molecular weight excluding hydrogens is 953 g/mol. The van der Waals surface area contributed by atoms with Crippen LogP contribution in [-0.4, -0.2) is 154 Å². The van der Waals surface area contributed by atoms with E-state index in [1.807, 2.05) is 99.3 Å². The fourth-order valence-corrected chi connectivity index (χ4v) is 9.85. The lowest BCUT2D eigenvalue weighted by molar-refractivity contribution is -0.146. The Bertz CT molecular complexity index is 2090. The van der Waals surface area contributed by atoms with Crippen LogP contribution in [0.2, 0.25) is 0 Å². The fourth-order valence-electron chi connectivity index (χ4n) is 9.85. The first-order chi connectivity index (χ1) is 35.8. The van der Waals surface area contributed by atoms with Crippen LogP contribution in [0.25, 0.3) is 0 Å². The fraction of sp³-hybridized carbons (Fsp3) is 0.672. The second kappa shape index (κ2) is 33.6. The number of anilines is 1. The molecule has 8 atom stereocenters. The van der Waals surface area contributed by atoms with Crippen LogP contribution in [0.4, 0.5) is 5.69 Å². The number of ether oxygens (including phenoxy) is 3. The number of amides is 4. The van der Waals surface area contributed by atoms with E-state index >= 15 is 0 Å². The molecule has 0 saturated carbocycles. The first-order valence-electron chi connectivity index (χ1n) is 27.4. The molecule has 420 valence electrons. The number of oxime groups is 1. The van der Waals surface area contributed by atoms with E-state index in [1.54, 1.807) is 40.0 Å². The zero-order valence-corrected chi connectivity index (χ0v) is 48.0. The monoisotopic (exact) mass is 1050 g/mol. The number of rotatable bonds is 33. The minimum absolute atomic E-state index is 0.00440. The van der Waals surface area contributed by atoms with Gasteiger partial charge >= 0.3 is 0 Å². The van der Waals surface area contributed by atoms with E-state index in [-0.39, 0.29) is 60.0 Å². The predicted octanol–water partition coefficient (Wildman–Crippen LogP) is 7.91. The molecule has 2 aromatic carbocycles. The van der Waals surface area contributed by atoms with E-state index in [2.05, 4.69) is 48.8 Å². The summed E-state index contributed by atoms with van der Waals surface area (Å²) < 4.78 is 17.4. The second-order valence-corrected chi connectivity index (χ2v) is 20.9. The smallest absolute Gasteiger partial charge is 0.247 e. The van der Waals surface area contributed by atoms with Crippen LogP contribution in [0, 0.1) is 23.7 Å². The Morgan fingerprint density at radius 3 is 2.13 bits per heavy atom. The number of amidine groups is 1. The van der Waals surface area contributed by atoms with Crippen molar-refractivity contribution in [2.24, 2.45) is 33.8 Å². The number of nitrogens with one attached hydrogen (secondary N) is 3. The average molecular weight is 1050 g/mol. The molecule has 0 radical (unpaired) electrons. The van der Waals surface area contributed by atoms with Gasteiger partial charge in [-0.3, -0.25) is 29.0 Å². The van der Waals surface area contributed by atoms with Crippen molar-refractivity contribution in [2.45, 2.75) is 169 Å². The van der Waals surface area contributed by atoms with Crippen LogP contribution in [0.15, 0.2) is 64.7 Å². The Labute approximate surface area is 449 Å². The van der Waals surface area contributed by atoms with Crippen molar-refractivity contribution in [3.63, 3.8) is 0 Å². The largest absolute Gasteiger partial charge is 0.479 e. The van der Waals surface area contributed by atoms with Crippen molar-refractivity contribution >= 4 is 46.8 Å². The summed E-state index contributed by atoms with van der Waals surface area (Å²) in [5, 5.41) is 13.3. The maximum Gasteiger partial charge on any atom is 0.247 e. The Kier molecular flexibility index (Phi) is 28.6. The third-order valence-corrected chi connectivity index (χ3v) is 14.2. The second-order valence-electron chi connectivity index (χ2n) is 20.9. The lowest BCUT2D eigenvalue weighted by atomic mass is 9.89. The van der Waals surface area contributed by atoms with E-state index in [9.17, 15) is 24.0 Å². The van der Waals surface area contributed by atoms with Gasteiger partial charge in [0.1, 0.15) is 30.3 Å². The summed E-state index contributed by atoms with van der Waals surface area (Å²) in [5.41, 5.74) is 2.45. The van der Waals surface area contributed by atoms with Gasteiger partial charge in [0.05, 0.1) is 43.2 Å². The van der Waals surface area contributed by atoms with Gasteiger partial charge in [-0.25, -0.2) is 0 Å². The van der Waals surface area contributed by atoms with Gasteiger partial charge in [0.15, 0.2) is 0 Å². The van der Waals surface area contributed by atoms with Crippen molar-refractivity contribution < 1.29 is 43.0 Å². The molecule has 0 bridgehead atoms. The maximum absolute atomic E-state index is 14.5. The SMILES string of the molecule is CCO/C(C)=N\OCCCCCC(=O)CCNCc1ccc(NC(=O)[C@H](Cc2ccccc2)NC(=O)[C@H](C)[C@@H](OC)[C@@H]2CCCN2C(=O)C[C@@H](OC)[C@H]([C@@H](C)CC)N(C)C(=O)[C@@H](/N=C(\C(C)C)N(C)C)C(C)C)cc1. The van der Waals surface area contributed by atoms with Crippen molar-refractivity contribution in [3.05, 3.63) is 65.7 Å². The topological polar surface area (TPSA) is 193 Å². The highest BCUT2D eigenvalue weighted by molar-refractivity contribution is 5.97. The molecule has 17 heteroatoms. The van der Waals surface area contributed by atoms with E-state index in [4.69, 9.17) is 24.0 Å². The molecule has 0 aliphatic carbocycles. The van der Waals surface area contributed by atoms with Gasteiger partial charge in [0, 0.05) is 92.8 Å². The molecule has 1 saturated heterocycles. The molecule has 0 aromatic heterocycles. The summed E-state index contributed by atoms with van der Waals surface area (Å²) >= 11 is 0. The molecule has 1 aliphatic rings. The number of Topliss-reactive ketones (excluding diaryl/α,β-unsaturated/α-hetero) is 1. The standard InChI is InChI=1S/C58H94N8O9/c1-15-41(7)53(65(12)58(71)52(39(3)4)62-55(40(5)6)64(10)11)50(72-13)37-51(68)66-34-23-27-49(66)54(73-14)42(8)56(69)61-48(36-44-24-19-17-20-25-44)57(70)60-46-30-28-45(29-31-46)38-59-33-32-47(67)26-21-18-22-35-75-63-43(9)74-16-2/h17,19-20,24-25,28-31,39-42,48-50,52-54,59H,15-16,18,21-23,26-27,32-38H2,1-14H3,(H,60,70)(H,61,69)/b62-55+,63-43-/t41-,42+,48-,49-,50+,52-,53-,54+/m0/s1. The Morgan fingerprint density at radius 2 is 1.53 bits per heavy atom. The van der Waals surface area contributed by atoms with Crippen molar-refractivity contribution in [3.8, 4) is 0 Å². The van der Waals surface area contributed by atoms with Gasteiger partial charge in [-0.05, 0) is 74.1 Å². The molecule has 1 heterocycles. The van der Waals surface area contributed by atoms with Gasteiger partial charge in [-0.2, -0.15) is 0 Å². The normalized spacial score (nSPS) is 16.9. The van der Waals surface area contributed by atoms with Crippen LogP contribution in [0.1, 0.15) is 131 Å². The zero-order chi connectivity index (χ0) is 55.6. The Balaban J connectivity index is 1.66. The highest BCUT2D eigenvalue weighted by atomic mass is 16.6. The number of unbranched alkanes of at least 4 members (excludes halogenated alkanes) is 2. The molecule has 0 unspecified atom stereocenters. The molecule has 4 amide bonds. The number of hydrogen-bond acceptors (Lipinski definition) is 12. The number of methoxy groups -OCH3 is 2. The summed E-state index contributed by atoms with van der Waals surface area (Å²) in [6.45, 7) is 20.4. The number of likely N-dealkylation sites (N-methyl/N-ethyl adjacent to an activating group) is 1. The van der Waals surface area contributed by atoms with E-state index in [0.29, 0.717) is 63.7 Å².